The van der Waals surface area contributed by atoms with Gasteiger partial charge in [0.1, 0.15) is 5.75 Å². The van der Waals surface area contributed by atoms with Crippen LogP contribution >= 0.6 is 0 Å². The maximum absolute atomic E-state index is 6.41. The van der Waals surface area contributed by atoms with E-state index in [-0.39, 0.29) is 6.10 Å². The topological polar surface area (TPSA) is 22.1 Å². The van der Waals surface area contributed by atoms with Gasteiger partial charge in [-0.2, -0.15) is 0 Å². The fraction of sp³-hybridized carbons (Fsp3) is 0.737. The van der Waals surface area contributed by atoms with Gasteiger partial charge in [-0.1, -0.05) is 34.6 Å². The Labute approximate surface area is 130 Å². The SMILES string of the molecule is Cc1nc(C(C)C)c2c(c1C)O[C@@H](C)[C@@H](C)CC2C(C)C. The molecule has 0 aromatic carbocycles. The van der Waals surface area contributed by atoms with Crippen LogP contribution in [0.25, 0.3) is 0 Å². The molecule has 2 rings (SSSR count). The van der Waals surface area contributed by atoms with E-state index in [1.807, 2.05) is 0 Å². The summed E-state index contributed by atoms with van der Waals surface area (Å²) < 4.78 is 6.41. The smallest absolute Gasteiger partial charge is 0.129 e. The van der Waals surface area contributed by atoms with Crippen molar-refractivity contribution in [1.29, 1.82) is 0 Å². The van der Waals surface area contributed by atoms with Gasteiger partial charge in [0.05, 0.1) is 11.8 Å². The Morgan fingerprint density at radius 1 is 1.10 bits per heavy atom. The van der Waals surface area contributed by atoms with Crippen molar-refractivity contribution in [2.75, 3.05) is 0 Å². The predicted molar refractivity (Wildman–Crippen MR) is 89.3 cm³/mol. The van der Waals surface area contributed by atoms with Gasteiger partial charge in [0, 0.05) is 16.8 Å². The van der Waals surface area contributed by atoms with Crippen LogP contribution < -0.4 is 4.74 Å². The Balaban J connectivity index is 2.72. The van der Waals surface area contributed by atoms with Crippen LogP contribution in [0.2, 0.25) is 0 Å². The Morgan fingerprint density at radius 2 is 1.71 bits per heavy atom. The maximum Gasteiger partial charge on any atom is 0.129 e. The molecule has 0 saturated carbocycles. The lowest BCUT2D eigenvalue weighted by atomic mass is 9.78. The first-order valence-corrected chi connectivity index (χ1v) is 8.41. The second kappa shape index (κ2) is 5.98. The van der Waals surface area contributed by atoms with E-state index in [9.17, 15) is 0 Å². The number of pyridine rings is 1. The predicted octanol–water partition coefficient (Wildman–Crippen LogP) is 5.37. The van der Waals surface area contributed by atoms with Crippen molar-refractivity contribution in [2.45, 2.75) is 79.8 Å². The first-order valence-electron chi connectivity index (χ1n) is 8.41. The molecule has 0 spiro atoms. The van der Waals surface area contributed by atoms with E-state index >= 15 is 0 Å². The van der Waals surface area contributed by atoms with Crippen molar-refractivity contribution < 1.29 is 4.74 Å². The number of hydrogen-bond donors (Lipinski definition) is 0. The van der Waals surface area contributed by atoms with Crippen LogP contribution in [0.1, 0.15) is 82.3 Å². The fourth-order valence-corrected chi connectivity index (χ4v) is 3.38. The number of nitrogens with zero attached hydrogens (tertiary/aromatic N) is 1. The summed E-state index contributed by atoms with van der Waals surface area (Å²) in [6, 6.07) is 0. The lowest BCUT2D eigenvalue weighted by Crippen LogP contribution is -2.21. The van der Waals surface area contributed by atoms with E-state index in [2.05, 4.69) is 55.4 Å². The molecule has 0 aliphatic carbocycles. The van der Waals surface area contributed by atoms with Crippen molar-refractivity contribution >= 4 is 0 Å². The molecule has 1 unspecified atom stereocenters. The molecular formula is C19H31NO. The van der Waals surface area contributed by atoms with Gasteiger partial charge in [0.15, 0.2) is 0 Å². The second-order valence-corrected chi connectivity index (χ2v) is 7.49. The Hall–Kier alpha value is -1.05. The van der Waals surface area contributed by atoms with Crippen LogP contribution in [-0.4, -0.2) is 11.1 Å². The molecule has 2 heteroatoms. The highest BCUT2D eigenvalue weighted by Crippen LogP contribution is 2.46. The highest BCUT2D eigenvalue weighted by molar-refractivity contribution is 5.49. The van der Waals surface area contributed by atoms with E-state index in [4.69, 9.17) is 9.72 Å². The first kappa shape index (κ1) is 16.3. The van der Waals surface area contributed by atoms with Crippen LogP contribution in [-0.2, 0) is 0 Å². The molecule has 3 atom stereocenters. The largest absolute Gasteiger partial charge is 0.490 e. The summed E-state index contributed by atoms with van der Waals surface area (Å²) in [5, 5.41) is 0. The number of rotatable bonds is 2. The van der Waals surface area contributed by atoms with Gasteiger partial charge in [-0.3, -0.25) is 4.98 Å². The molecule has 118 valence electrons. The summed E-state index contributed by atoms with van der Waals surface area (Å²) in [6.45, 7) is 17.9. The molecule has 0 radical (unpaired) electrons. The van der Waals surface area contributed by atoms with Crippen LogP contribution in [0.4, 0.5) is 0 Å². The molecule has 1 aliphatic heterocycles. The molecule has 0 N–H and O–H groups in total. The van der Waals surface area contributed by atoms with Gasteiger partial charge in [0.25, 0.3) is 0 Å². The highest BCUT2D eigenvalue weighted by atomic mass is 16.5. The quantitative estimate of drug-likeness (QED) is 0.730. The average molecular weight is 289 g/mol. The zero-order chi connectivity index (χ0) is 15.9. The summed E-state index contributed by atoms with van der Waals surface area (Å²) in [5.74, 6) is 3.29. The molecule has 21 heavy (non-hydrogen) atoms. The fourth-order valence-electron chi connectivity index (χ4n) is 3.38. The van der Waals surface area contributed by atoms with E-state index in [0.717, 1.165) is 11.4 Å². The second-order valence-electron chi connectivity index (χ2n) is 7.49. The van der Waals surface area contributed by atoms with E-state index < -0.39 is 0 Å². The highest BCUT2D eigenvalue weighted by Gasteiger charge is 2.34. The standard InChI is InChI=1S/C19H31NO/c1-10(2)16-9-12(5)15(8)21-19-13(6)14(7)20-18(11(3)4)17(16)19/h10-12,15-16H,9H2,1-8H3/t12-,15-,16?/m0/s1. The third-order valence-electron chi connectivity index (χ3n) is 5.15. The summed E-state index contributed by atoms with van der Waals surface area (Å²) >= 11 is 0. The lowest BCUT2D eigenvalue weighted by Gasteiger charge is -2.26. The zero-order valence-corrected chi connectivity index (χ0v) is 14.9. The minimum absolute atomic E-state index is 0.271. The summed E-state index contributed by atoms with van der Waals surface area (Å²) in [4.78, 5) is 4.93. The van der Waals surface area contributed by atoms with Crippen molar-refractivity contribution in [1.82, 2.24) is 4.98 Å². The molecule has 0 fully saturated rings. The van der Waals surface area contributed by atoms with E-state index in [1.54, 1.807) is 0 Å². The maximum atomic E-state index is 6.41. The Morgan fingerprint density at radius 3 is 2.24 bits per heavy atom. The Kier molecular flexibility index (Phi) is 4.65. The van der Waals surface area contributed by atoms with Gasteiger partial charge in [-0.25, -0.2) is 0 Å². The van der Waals surface area contributed by atoms with Crippen LogP contribution in [0.3, 0.4) is 0 Å². The molecule has 2 heterocycles. The zero-order valence-electron chi connectivity index (χ0n) is 14.9. The summed E-state index contributed by atoms with van der Waals surface area (Å²) in [7, 11) is 0. The molecular weight excluding hydrogens is 258 g/mol. The molecule has 1 aromatic heterocycles. The van der Waals surface area contributed by atoms with Gasteiger partial charge < -0.3 is 4.74 Å². The third kappa shape index (κ3) is 2.95. The van der Waals surface area contributed by atoms with Crippen molar-refractivity contribution in [2.24, 2.45) is 11.8 Å². The van der Waals surface area contributed by atoms with Gasteiger partial charge in [0.2, 0.25) is 0 Å². The van der Waals surface area contributed by atoms with Crippen LogP contribution in [0, 0.1) is 25.7 Å². The molecule has 0 amide bonds. The van der Waals surface area contributed by atoms with E-state index in [1.165, 1.54) is 23.2 Å². The lowest BCUT2D eigenvalue weighted by molar-refractivity contribution is 0.159. The van der Waals surface area contributed by atoms with Gasteiger partial charge in [-0.15, -0.1) is 0 Å². The van der Waals surface area contributed by atoms with Gasteiger partial charge >= 0.3 is 0 Å². The number of hydrogen-bond acceptors (Lipinski definition) is 2. The molecule has 1 aromatic rings. The Bertz CT molecular complexity index is 519. The third-order valence-corrected chi connectivity index (χ3v) is 5.15. The van der Waals surface area contributed by atoms with E-state index in [0.29, 0.717) is 23.7 Å². The normalized spacial score (nSPS) is 25.7. The van der Waals surface area contributed by atoms with Crippen LogP contribution in [0.5, 0.6) is 5.75 Å². The van der Waals surface area contributed by atoms with Gasteiger partial charge in [-0.05, 0) is 50.9 Å². The molecule has 0 bridgehead atoms. The monoisotopic (exact) mass is 289 g/mol. The number of aryl methyl sites for hydroxylation is 1. The van der Waals surface area contributed by atoms with Crippen molar-refractivity contribution in [3.05, 3.63) is 22.5 Å². The minimum atomic E-state index is 0.271. The number of ether oxygens (including phenoxy) is 1. The summed E-state index contributed by atoms with van der Waals surface area (Å²) in [5.41, 5.74) is 4.97. The number of aromatic nitrogens is 1. The molecule has 1 aliphatic rings. The first-order chi connectivity index (χ1) is 9.73. The number of fused-ring (bicyclic) bond motifs is 1. The van der Waals surface area contributed by atoms with Crippen molar-refractivity contribution in [3.63, 3.8) is 0 Å². The average Bonchev–Trinajstić information content (AvgIpc) is 2.52. The van der Waals surface area contributed by atoms with Crippen molar-refractivity contribution in [3.8, 4) is 5.75 Å². The summed E-state index contributed by atoms with van der Waals surface area (Å²) in [6.07, 6.45) is 1.46. The van der Waals surface area contributed by atoms with Crippen LogP contribution in [0.15, 0.2) is 0 Å². The minimum Gasteiger partial charge on any atom is -0.490 e. The molecule has 2 nitrogen and oxygen atoms in total. The molecule has 0 saturated heterocycles.